The number of piperidine rings is 1. The fraction of sp³-hybridized carbons (Fsp3) is 0.462. The molecular weight excluding hydrogens is 312 g/mol. The Morgan fingerprint density at radius 1 is 1.42 bits per heavy atom. The zero-order valence-electron chi connectivity index (χ0n) is 10.6. The Bertz CT molecular complexity index is 511. The molecule has 1 fully saturated rings. The van der Waals surface area contributed by atoms with Crippen molar-refractivity contribution < 1.29 is 9.72 Å². The Balaban J connectivity index is 2.24. The number of nitrogens with zero attached hydrogens (tertiary/aromatic N) is 2. The SMILES string of the molecule is CC1CCN(C(=O)c2cccc([N+](=O)[O-])c2Br)CC1. The van der Waals surface area contributed by atoms with Crippen molar-refractivity contribution in [2.45, 2.75) is 19.8 Å². The van der Waals surface area contributed by atoms with Gasteiger partial charge in [-0.3, -0.25) is 14.9 Å². The van der Waals surface area contributed by atoms with E-state index in [1.165, 1.54) is 6.07 Å². The molecule has 1 aromatic rings. The van der Waals surface area contributed by atoms with Crippen molar-refractivity contribution in [3.8, 4) is 0 Å². The fourth-order valence-electron chi connectivity index (χ4n) is 2.21. The van der Waals surface area contributed by atoms with Crippen LogP contribution < -0.4 is 0 Å². The summed E-state index contributed by atoms with van der Waals surface area (Å²) in [6, 6.07) is 4.55. The maximum atomic E-state index is 12.4. The van der Waals surface area contributed by atoms with Gasteiger partial charge >= 0.3 is 0 Å². The first-order chi connectivity index (χ1) is 9.00. The van der Waals surface area contributed by atoms with Crippen LogP contribution in [0.4, 0.5) is 5.69 Å². The van der Waals surface area contributed by atoms with E-state index in [1.807, 2.05) is 0 Å². The van der Waals surface area contributed by atoms with Crippen molar-refractivity contribution in [2.24, 2.45) is 5.92 Å². The largest absolute Gasteiger partial charge is 0.339 e. The van der Waals surface area contributed by atoms with E-state index in [0.29, 0.717) is 11.5 Å². The molecule has 1 saturated heterocycles. The number of carbonyl (C=O) groups is 1. The highest BCUT2D eigenvalue weighted by Gasteiger charge is 2.25. The first-order valence-electron chi connectivity index (χ1n) is 6.23. The topological polar surface area (TPSA) is 63.5 Å². The number of benzene rings is 1. The summed E-state index contributed by atoms with van der Waals surface area (Å²) in [5, 5.41) is 10.9. The minimum Gasteiger partial charge on any atom is -0.339 e. The lowest BCUT2D eigenvalue weighted by Gasteiger charge is -2.30. The van der Waals surface area contributed by atoms with Gasteiger partial charge < -0.3 is 4.90 Å². The molecule has 5 nitrogen and oxygen atoms in total. The van der Waals surface area contributed by atoms with E-state index in [2.05, 4.69) is 22.9 Å². The monoisotopic (exact) mass is 326 g/mol. The van der Waals surface area contributed by atoms with Crippen molar-refractivity contribution in [3.63, 3.8) is 0 Å². The van der Waals surface area contributed by atoms with Crippen molar-refractivity contribution >= 4 is 27.5 Å². The molecule has 0 aromatic heterocycles. The molecule has 0 N–H and O–H groups in total. The summed E-state index contributed by atoms with van der Waals surface area (Å²) in [6.45, 7) is 3.61. The molecular formula is C13H15BrN2O3. The Morgan fingerprint density at radius 3 is 2.63 bits per heavy atom. The number of carbonyl (C=O) groups excluding carboxylic acids is 1. The highest BCUT2D eigenvalue weighted by Crippen LogP contribution is 2.30. The number of hydrogen-bond donors (Lipinski definition) is 0. The minimum atomic E-state index is -0.487. The van der Waals surface area contributed by atoms with Gasteiger partial charge in [0.25, 0.3) is 11.6 Å². The predicted molar refractivity (Wildman–Crippen MR) is 75.1 cm³/mol. The second-order valence-corrected chi connectivity index (χ2v) is 5.66. The van der Waals surface area contributed by atoms with Crippen molar-refractivity contribution in [3.05, 3.63) is 38.3 Å². The number of nitro groups is 1. The molecule has 1 amide bonds. The third kappa shape index (κ3) is 2.94. The molecule has 1 heterocycles. The van der Waals surface area contributed by atoms with Crippen molar-refractivity contribution in [1.29, 1.82) is 0 Å². The van der Waals surface area contributed by atoms with Crippen LogP contribution in [0.5, 0.6) is 0 Å². The van der Waals surface area contributed by atoms with E-state index in [4.69, 9.17) is 0 Å². The molecule has 0 radical (unpaired) electrons. The normalized spacial score (nSPS) is 16.4. The lowest BCUT2D eigenvalue weighted by Crippen LogP contribution is -2.38. The van der Waals surface area contributed by atoms with E-state index in [9.17, 15) is 14.9 Å². The molecule has 2 rings (SSSR count). The van der Waals surface area contributed by atoms with Gasteiger partial charge in [0, 0.05) is 19.2 Å². The van der Waals surface area contributed by atoms with Crippen LogP contribution in [-0.4, -0.2) is 28.8 Å². The van der Waals surface area contributed by atoms with Crippen LogP contribution in [0.1, 0.15) is 30.1 Å². The van der Waals surface area contributed by atoms with E-state index >= 15 is 0 Å². The van der Waals surface area contributed by atoms with Gasteiger partial charge in [-0.2, -0.15) is 0 Å². The molecule has 1 aromatic carbocycles. The zero-order chi connectivity index (χ0) is 14.0. The number of rotatable bonds is 2. The van der Waals surface area contributed by atoms with Gasteiger partial charge in [-0.15, -0.1) is 0 Å². The second kappa shape index (κ2) is 5.69. The molecule has 0 spiro atoms. The molecule has 0 bridgehead atoms. The molecule has 102 valence electrons. The quantitative estimate of drug-likeness (QED) is 0.619. The summed E-state index contributed by atoms with van der Waals surface area (Å²) >= 11 is 3.17. The minimum absolute atomic E-state index is 0.0729. The average Bonchev–Trinajstić information content (AvgIpc) is 2.38. The van der Waals surface area contributed by atoms with E-state index in [1.54, 1.807) is 17.0 Å². The zero-order valence-corrected chi connectivity index (χ0v) is 12.2. The standard InChI is InChI=1S/C13H15BrN2O3/c1-9-5-7-15(8-6-9)13(17)10-3-2-4-11(12(10)14)16(18)19/h2-4,9H,5-8H2,1H3. The summed E-state index contributed by atoms with van der Waals surface area (Å²) in [4.78, 5) is 24.5. The molecule has 1 aliphatic heterocycles. The van der Waals surface area contributed by atoms with Crippen LogP contribution in [-0.2, 0) is 0 Å². The smallest absolute Gasteiger partial charge is 0.284 e. The summed E-state index contributed by atoms with van der Waals surface area (Å²) in [6.07, 6.45) is 1.97. The molecule has 0 unspecified atom stereocenters. The van der Waals surface area contributed by atoms with E-state index < -0.39 is 4.92 Å². The average molecular weight is 327 g/mol. The van der Waals surface area contributed by atoms with Crippen LogP contribution in [0, 0.1) is 16.0 Å². The van der Waals surface area contributed by atoms with Gasteiger partial charge in [-0.05, 0) is 40.8 Å². The molecule has 6 heteroatoms. The fourth-order valence-corrected chi connectivity index (χ4v) is 2.79. The first kappa shape index (κ1) is 14.0. The third-order valence-corrected chi connectivity index (χ3v) is 4.31. The Kier molecular flexibility index (Phi) is 4.19. The van der Waals surface area contributed by atoms with E-state index in [0.717, 1.165) is 25.9 Å². The van der Waals surface area contributed by atoms with Crippen LogP contribution in [0.15, 0.2) is 22.7 Å². The van der Waals surface area contributed by atoms with Crippen LogP contribution in [0.2, 0.25) is 0 Å². The number of likely N-dealkylation sites (tertiary alicyclic amines) is 1. The Hall–Kier alpha value is -1.43. The summed E-state index contributed by atoms with van der Waals surface area (Å²) in [7, 11) is 0. The van der Waals surface area contributed by atoms with Gasteiger partial charge in [0.15, 0.2) is 0 Å². The molecule has 0 atom stereocenters. The second-order valence-electron chi connectivity index (χ2n) is 4.87. The summed E-state index contributed by atoms with van der Waals surface area (Å²) < 4.78 is 0.267. The highest BCUT2D eigenvalue weighted by molar-refractivity contribution is 9.10. The number of hydrogen-bond acceptors (Lipinski definition) is 3. The summed E-state index contributed by atoms with van der Waals surface area (Å²) in [5.74, 6) is 0.500. The molecule has 19 heavy (non-hydrogen) atoms. The first-order valence-corrected chi connectivity index (χ1v) is 7.02. The Morgan fingerprint density at radius 2 is 2.05 bits per heavy atom. The predicted octanol–water partition coefficient (Wildman–Crippen LogP) is 3.23. The van der Waals surface area contributed by atoms with Gasteiger partial charge in [0.05, 0.1) is 10.5 Å². The van der Waals surface area contributed by atoms with Gasteiger partial charge in [0.1, 0.15) is 4.47 Å². The van der Waals surface area contributed by atoms with Crippen LogP contribution >= 0.6 is 15.9 Å². The Labute approximate surface area is 119 Å². The number of amides is 1. The van der Waals surface area contributed by atoms with E-state index in [-0.39, 0.29) is 16.1 Å². The van der Waals surface area contributed by atoms with Crippen molar-refractivity contribution in [1.82, 2.24) is 4.90 Å². The number of halogens is 1. The van der Waals surface area contributed by atoms with Gasteiger partial charge in [-0.25, -0.2) is 0 Å². The van der Waals surface area contributed by atoms with Gasteiger partial charge in [0.2, 0.25) is 0 Å². The molecule has 0 aliphatic carbocycles. The lowest BCUT2D eigenvalue weighted by molar-refractivity contribution is -0.385. The molecule has 0 saturated carbocycles. The van der Waals surface area contributed by atoms with Crippen LogP contribution in [0.25, 0.3) is 0 Å². The van der Waals surface area contributed by atoms with Gasteiger partial charge in [-0.1, -0.05) is 13.0 Å². The van der Waals surface area contributed by atoms with Crippen LogP contribution in [0.3, 0.4) is 0 Å². The maximum absolute atomic E-state index is 12.4. The highest BCUT2D eigenvalue weighted by atomic mass is 79.9. The third-order valence-electron chi connectivity index (χ3n) is 3.48. The summed E-state index contributed by atoms with van der Waals surface area (Å²) in [5.41, 5.74) is 0.292. The molecule has 1 aliphatic rings. The number of nitro benzene ring substituents is 1. The maximum Gasteiger partial charge on any atom is 0.284 e. The van der Waals surface area contributed by atoms with Crippen molar-refractivity contribution in [2.75, 3.05) is 13.1 Å². The lowest BCUT2D eigenvalue weighted by atomic mass is 9.98.